The molecule has 0 aliphatic rings. The van der Waals surface area contributed by atoms with Gasteiger partial charge in [0.1, 0.15) is 0 Å². The topological polar surface area (TPSA) is 41.5 Å². The van der Waals surface area contributed by atoms with Crippen molar-refractivity contribution in [2.45, 2.75) is 0 Å². The van der Waals surface area contributed by atoms with Crippen LogP contribution in [0, 0.1) is 0 Å². The number of hydrazone groups is 1. The molecule has 3 nitrogen and oxygen atoms in total. The third kappa shape index (κ3) is 4.07. The molecule has 1 N–H and O–H groups in total. The van der Waals surface area contributed by atoms with Crippen molar-refractivity contribution in [2.75, 3.05) is 0 Å². The molecule has 2 aromatic rings. The molecule has 0 saturated heterocycles. The Morgan fingerprint density at radius 1 is 1.20 bits per heavy atom. The number of amides is 1. The van der Waals surface area contributed by atoms with Crippen LogP contribution in [0.3, 0.4) is 0 Å². The summed E-state index contributed by atoms with van der Waals surface area (Å²) in [5, 5.41) is 4.65. The fourth-order valence-corrected chi connectivity index (χ4v) is 2.40. The number of carbonyl (C=O) groups is 1. The maximum Gasteiger partial charge on any atom is 0.272 e. The molecule has 6 heteroatoms. The molecule has 0 spiro atoms. The number of nitrogens with zero attached hydrogens (tertiary/aromatic N) is 1. The quantitative estimate of drug-likeness (QED) is 0.625. The second kappa shape index (κ2) is 6.88. The molecule has 0 fully saturated rings. The van der Waals surface area contributed by atoms with E-state index >= 15 is 0 Å². The average molecular weight is 372 g/mol. The molecule has 0 saturated carbocycles. The summed E-state index contributed by atoms with van der Waals surface area (Å²) >= 11 is 15.1. The minimum atomic E-state index is -0.391. The molecule has 0 radical (unpaired) electrons. The summed E-state index contributed by atoms with van der Waals surface area (Å²) in [5.41, 5.74) is 3.60. The van der Waals surface area contributed by atoms with Crippen molar-refractivity contribution in [2.24, 2.45) is 5.10 Å². The average Bonchev–Trinajstić information content (AvgIpc) is 2.38. The van der Waals surface area contributed by atoms with Crippen LogP contribution in [0.25, 0.3) is 0 Å². The van der Waals surface area contributed by atoms with Crippen molar-refractivity contribution in [1.82, 2.24) is 5.43 Å². The minimum Gasteiger partial charge on any atom is -0.267 e. The zero-order valence-electron chi connectivity index (χ0n) is 10.1. The van der Waals surface area contributed by atoms with Crippen molar-refractivity contribution >= 4 is 51.3 Å². The molecule has 1 amide bonds. The number of nitrogens with one attached hydrogen (secondary N) is 1. The monoisotopic (exact) mass is 370 g/mol. The number of carbonyl (C=O) groups excluding carboxylic acids is 1. The van der Waals surface area contributed by atoms with Gasteiger partial charge in [0.15, 0.2) is 0 Å². The van der Waals surface area contributed by atoms with Crippen LogP contribution in [0.1, 0.15) is 15.9 Å². The van der Waals surface area contributed by atoms with E-state index in [-0.39, 0.29) is 5.02 Å². The van der Waals surface area contributed by atoms with E-state index in [0.717, 1.165) is 10.0 Å². The standard InChI is InChI=1S/C14H9BrCl2N2O/c15-10-3-1-2-9(6-10)8-18-19-14(20)12-5-4-11(16)7-13(12)17/h1-8H,(H,19,20). The van der Waals surface area contributed by atoms with Gasteiger partial charge in [-0.15, -0.1) is 0 Å². The first kappa shape index (κ1) is 15.0. The maximum atomic E-state index is 11.9. The molecular weight excluding hydrogens is 363 g/mol. The van der Waals surface area contributed by atoms with Crippen molar-refractivity contribution < 1.29 is 4.79 Å². The van der Waals surface area contributed by atoms with E-state index in [2.05, 4.69) is 26.5 Å². The van der Waals surface area contributed by atoms with Gasteiger partial charge in [-0.3, -0.25) is 4.79 Å². The first-order valence-corrected chi connectivity index (χ1v) is 7.15. The van der Waals surface area contributed by atoms with Crippen LogP contribution in [-0.4, -0.2) is 12.1 Å². The summed E-state index contributed by atoms with van der Waals surface area (Å²) in [6, 6.07) is 12.2. The third-order valence-electron chi connectivity index (χ3n) is 2.40. The summed E-state index contributed by atoms with van der Waals surface area (Å²) in [5.74, 6) is -0.391. The highest BCUT2D eigenvalue weighted by Crippen LogP contribution is 2.20. The highest BCUT2D eigenvalue weighted by atomic mass is 79.9. The Bertz CT molecular complexity index is 674. The second-order valence-corrected chi connectivity index (χ2v) is 5.64. The minimum absolute atomic E-state index is 0.285. The fraction of sp³-hybridized carbons (Fsp3) is 0. The highest BCUT2D eigenvalue weighted by molar-refractivity contribution is 9.10. The van der Waals surface area contributed by atoms with Gasteiger partial charge >= 0.3 is 0 Å². The second-order valence-electron chi connectivity index (χ2n) is 3.88. The Morgan fingerprint density at radius 2 is 2.00 bits per heavy atom. The van der Waals surface area contributed by atoms with Gasteiger partial charge in [0.05, 0.1) is 16.8 Å². The number of hydrogen-bond donors (Lipinski definition) is 1. The summed E-state index contributed by atoms with van der Waals surface area (Å²) in [6.07, 6.45) is 1.55. The molecule has 2 aromatic carbocycles. The van der Waals surface area contributed by atoms with Crippen molar-refractivity contribution in [3.8, 4) is 0 Å². The maximum absolute atomic E-state index is 11.9. The van der Waals surface area contributed by atoms with Gasteiger partial charge in [0.2, 0.25) is 0 Å². The van der Waals surface area contributed by atoms with Crippen LogP contribution >= 0.6 is 39.1 Å². The Labute approximate surface area is 134 Å². The van der Waals surface area contributed by atoms with Crippen LogP contribution in [-0.2, 0) is 0 Å². The van der Waals surface area contributed by atoms with Gasteiger partial charge in [-0.1, -0.05) is 51.3 Å². The summed E-state index contributed by atoms with van der Waals surface area (Å²) < 4.78 is 0.938. The lowest BCUT2D eigenvalue weighted by Crippen LogP contribution is -2.18. The predicted molar refractivity (Wildman–Crippen MR) is 85.7 cm³/mol. The number of rotatable bonds is 3. The molecule has 0 aliphatic heterocycles. The summed E-state index contributed by atoms with van der Waals surface area (Å²) in [6.45, 7) is 0. The van der Waals surface area contributed by atoms with Crippen LogP contribution in [0.4, 0.5) is 0 Å². The van der Waals surface area contributed by atoms with E-state index in [1.807, 2.05) is 24.3 Å². The first-order chi connectivity index (χ1) is 9.56. The normalized spacial score (nSPS) is 10.8. The Morgan fingerprint density at radius 3 is 2.70 bits per heavy atom. The largest absolute Gasteiger partial charge is 0.272 e. The number of benzene rings is 2. The molecule has 0 heterocycles. The van der Waals surface area contributed by atoms with E-state index in [1.54, 1.807) is 18.3 Å². The lowest BCUT2D eigenvalue weighted by molar-refractivity contribution is 0.0955. The summed E-state index contributed by atoms with van der Waals surface area (Å²) in [4.78, 5) is 11.9. The molecule has 2 rings (SSSR count). The van der Waals surface area contributed by atoms with E-state index in [4.69, 9.17) is 23.2 Å². The van der Waals surface area contributed by atoms with Gasteiger partial charge < -0.3 is 0 Å². The zero-order valence-corrected chi connectivity index (χ0v) is 13.2. The predicted octanol–water partition coefficient (Wildman–Crippen LogP) is 4.52. The van der Waals surface area contributed by atoms with Crippen LogP contribution in [0.2, 0.25) is 10.0 Å². The van der Waals surface area contributed by atoms with E-state index in [0.29, 0.717) is 10.6 Å². The van der Waals surface area contributed by atoms with Gasteiger partial charge in [0, 0.05) is 9.50 Å². The van der Waals surface area contributed by atoms with Gasteiger partial charge in [-0.2, -0.15) is 5.10 Å². The Hall–Kier alpha value is -1.36. The Kier molecular flexibility index (Phi) is 5.17. The van der Waals surface area contributed by atoms with Crippen molar-refractivity contribution in [3.05, 3.63) is 68.1 Å². The molecule has 0 bridgehead atoms. The van der Waals surface area contributed by atoms with E-state index in [1.165, 1.54) is 6.07 Å². The Balaban J connectivity index is 2.05. The lowest BCUT2D eigenvalue weighted by Gasteiger charge is -2.02. The highest BCUT2D eigenvalue weighted by Gasteiger charge is 2.09. The molecular formula is C14H9BrCl2N2O. The third-order valence-corrected chi connectivity index (χ3v) is 3.45. The molecule has 20 heavy (non-hydrogen) atoms. The molecule has 0 aromatic heterocycles. The smallest absolute Gasteiger partial charge is 0.267 e. The van der Waals surface area contributed by atoms with E-state index < -0.39 is 5.91 Å². The molecule has 0 unspecified atom stereocenters. The zero-order chi connectivity index (χ0) is 14.5. The van der Waals surface area contributed by atoms with Crippen molar-refractivity contribution in [3.63, 3.8) is 0 Å². The fourth-order valence-electron chi connectivity index (χ4n) is 1.49. The van der Waals surface area contributed by atoms with E-state index in [9.17, 15) is 4.79 Å². The SMILES string of the molecule is O=C(NN=Cc1cccc(Br)c1)c1ccc(Cl)cc1Cl. The van der Waals surface area contributed by atoms with Gasteiger partial charge in [0.25, 0.3) is 5.91 Å². The van der Waals surface area contributed by atoms with Crippen molar-refractivity contribution in [1.29, 1.82) is 0 Å². The van der Waals surface area contributed by atoms with Gasteiger partial charge in [-0.05, 0) is 35.9 Å². The van der Waals surface area contributed by atoms with Crippen LogP contribution in [0.5, 0.6) is 0 Å². The molecule has 0 atom stereocenters. The lowest BCUT2D eigenvalue weighted by atomic mass is 10.2. The van der Waals surface area contributed by atoms with Gasteiger partial charge in [-0.25, -0.2) is 5.43 Å². The number of halogens is 3. The number of hydrogen-bond acceptors (Lipinski definition) is 2. The van der Waals surface area contributed by atoms with Crippen LogP contribution in [0.15, 0.2) is 52.0 Å². The first-order valence-electron chi connectivity index (χ1n) is 5.60. The molecule has 102 valence electrons. The van der Waals surface area contributed by atoms with Crippen LogP contribution < -0.4 is 5.43 Å². The molecule has 0 aliphatic carbocycles. The summed E-state index contributed by atoms with van der Waals surface area (Å²) in [7, 11) is 0.